The summed E-state index contributed by atoms with van der Waals surface area (Å²) in [6.45, 7) is 3.81. The SMILES string of the molecule is CCc1ccc(OC(CC)C(=O)[O-])cc1.[Na+]. The predicted octanol–water partition coefficient (Wildman–Crippen LogP) is -1.84. The molecule has 1 aromatic rings. The molecule has 3 nitrogen and oxygen atoms in total. The fourth-order valence-corrected chi connectivity index (χ4v) is 1.27. The van der Waals surface area contributed by atoms with Crippen LogP contribution in [0.3, 0.4) is 0 Å². The third-order valence-corrected chi connectivity index (χ3v) is 2.24. The Labute approximate surface area is 118 Å². The smallest absolute Gasteiger partial charge is 0.546 e. The number of hydrogen-bond acceptors (Lipinski definition) is 3. The summed E-state index contributed by atoms with van der Waals surface area (Å²) in [5.74, 6) is -0.597. The van der Waals surface area contributed by atoms with Gasteiger partial charge >= 0.3 is 29.6 Å². The van der Waals surface area contributed by atoms with Crippen molar-refractivity contribution in [2.75, 3.05) is 0 Å². The van der Waals surface area contributed by atoms with Crippen LogP contribution in [0.5, 0.6) is 5.75 Å². The van der Waals surface area contributed by atoms with E-state index in [2.05, 4.69) is 6.92 Å². The van der Waals surface area contributed by atoms with Gasteiger partial charge in [-0.15, -0.1) is 0 Å². The molecule has 0 spiro atoms. The molecule has 0 saturated heterocycles. The summed E-state index contributed by atoms with van der Waals surface area (Å²) in [7, 11) is 0. The molecule has 0 amide bonds. The molecule has 0 aliphatic carbocycles. The third kappa shape index (κ3) is 4.56. The molecule has 1 aromatic carbocycles. The number of ether oxygens (including phenoxy) is 1. The summed E-state index contributed by atoms with van der Waals surface area (Å²) in [5, 5.41) is 10.6. The van der Waals surface area contributed by atoms with Crippen molar-refractivity contribution < 1.29 is 44.2 Å². The van der Waals surface area contributed by atoms with E-state index >= 15 is 0 Å². The van der Waals surface area contributed by atoms with Crippen molar-refractivity contribution in [2.45, 2.75) is 32.8 Å². The Morgan fingerprint density at radius 2 is 1.88 bits per heavy atom. The number of rotatable bonds is 5. The first-order valence-corrected chi connectivity index (χ1v) is 5.13. The van der Waals surface area contributed by atoms with E-state index < -0.39 is 12.1 Å². The molecule has 1 atom stereocenters. The fourth-order valence-electron chi connectivity index (χ4n) is 1.27. The zero-order chi connectivity index (χ0) is 11.3. The van der Waals surface area contributed by atoms with E-state index in [1.807, 2.05) is 12.1 Å². The number of carboxylic acids is 1. The van der Waals surface area contributed by atoms with Crippen molar-refractivity contribution in [3.8, 4) is 5.75 Å². The zero-order valence-electron chi connectivity index (χ0n) is 10.0. The van der Waals surface area contributed by atoms with Gasteiger partial charge in [0.05, 0.1) is 5.97 Å². The van der Waals surface area contributed by atoms with Crippen molar-refractivity contribution in [3.05, 3.63) is 29.8 Å². The topological polar surface area (TPSA) is 49.4 Å². The van der Waals surface area contributed by atoms with Crippen molar-refractivity contribution in [2.24, 2.45) is 0 Å². The minimum atomic E-state index is -1.17. The van der Waals surface area contributed by atoms with Gasteiger partial charge in [0.2, 0.25) is 0 Å². The van der Waals surface area contributed by atoms with Crippen LogP contribution in [0, 0.1) is 0 Å². The molecule has 0 radical (unpaired) electrons. The maximum atomic E-state index is 10.6. The monoisotopic (exact) mass is 230 g/mol. The standard InChI is InChI=1S/C12H16O3.Na/c1-3-9-5-7-10(8-6-9)15-11(4-2)12(13)14;/h5-8,11H,3-4H2,1-2H3,(H,13,14);/q;+1/p-1. The van der Waals surface area contributed by atoms with Crippen LogP contribution in [0.25, 0.3) is 0 Å². The molecular weight excluding hydrogens is 215 g/mol. The third-order valence-electron chi connectivity index (χ3n) is 2.24. The average Bonchev–Trinajstić information content (AvgIpc) is 2.26. The van der Waals surface area contributed by atoms with E-state index in [9.17, 15) is 9.90 Å². The summed E-state index contributed by atoms with van der Waals surface area (Å²) in [4.78, 5) is 10.6. The maximum absolute atomic E-state index is 10.6. The first-order valence-electron chi connectivity index (χ1n) is 5.13. The second-order valence-corrected chi connectivity index (χ2v) is 3.33. The molecule has 0 aromatic heterocycles. The number of benzene rings is 1. The van der Waals surface area contributed by atoms with Crippen molar-refractivity contribution >= 4 is 5.97 Å². The van der Waals surface area contributed by atoms with Crippen molar-refractivity contribution in [1.82, 2.24) is 0 Å². The number of aliphatic carboxylic acids is 1. The fraction of sp³-hybridized carbons (Fsp3) is 0.417. The van der Waals surface area contributed by atoms with Gasteiger partial charge in [0.1, 0.15) is 11.9 Å². The Balaban J connectivity index is 0.00000225. The Bertz CT molecular complexity index is 322. The summed E-state index contributed by atoms with van der Waals surface area (Å²) < 4.78 is 5.26. The molecular formula is C12H15NaO3. The van der Waals surface area contributed by atoms with Crippen LogP contribution >= 0.6 is 0 Å². The minimum absolute atomic E-state index is 0. The maximum Gasteiger partial charge on any atom is 1.00 e. The number of carbonyl (C=O) groups excluding carboxylic acids is 1. The van der Waals surface area contributed by atoms with E-state index in [-0.39, 0.29) is 29.6 Å². The first-order chi connectivity index (χ1) is 7.17. The summed E-state index contributed by atoms with van der Waals surface area (Å²) in [6.07, 6.45) is 0.494. The Hall–Kier alpha value is -0.510. The molecule has 0 fully saturated rings. The van der Waals surface area contributed by atoms with Gasteiger partial charge in [-0.25, -0.2) is 0 Å². The molecule has 4 heteroatoms. The molecule has 82 valence electrons. The number of carboxylic acid groups (broad SMARTS) is 1. The Kier molecular flexibility index (Phi) is 7.47. The van der Waals surface area contributed by atoms with Gasteiger partial charge in [-0.05, 0) is 30.5 Å². The largest absolute Gasteiger partial charge is 1.00 e. The van der Waals surface area contributed by atoms with Crippen LogP contribution < -0.4 is 39.4 Å². The summed E-state index contributed by atoms with van der Waals surface area (Å²) in [6, 6.07) is 7.42. The van der Waals surface area contributed by atoms with Crippen LogP contribution in [0.2, 0.25) is 0 Å². The van der Waals surface area contributed by atoms with Gasteiger partial charge in [0, 0.05) is 0 Å². The Morgan fingerprint density at radius 3 is 2.25 bits per heavy atom. The van der Waals surface area contributed by atoms with Gasteiger partial charge in [0.15, 0.2) is 0 Å². The molecule has 0 aliphatic heterocycles. The van der Waals surface area contributed by atoms with Gasteiger partial charge < -0.3 is 14.6 Å². The van der Waals surface area contributed by atoms with E-state index in [1.165, 1.54) is 5.56 Å². The van der Waals surface area contributed by atoms with E-state index in [0.717, 1.165) is 6.42 Å². The molecule has 0 N–H and O–H groups in total. The summed E-state index contributed by atoms with van der Waals surface area (Å²) >= 11 is 0. The molecule has 0 bridgehead atoms. The zero-order valence-corrected chi connectivity index (χ0v) is 12.0. The van der Waals surface area contributed by atoms with Gasteiger partial charge in [-0.2, -0.15) is 0 Å². The van der Waals surface area contributed by atoms with Crippen LogP contribution in [-0.2, 0) is 11.2 Å². The van der Waals surface area contributed by atoms with Crippen LogP contribution in [0.15, 0.2) is 24.3 Å². The van der Waals surface area contributed by atoms with E-state index in [1.54, 1.807) is 19.1 Å². The number of hydrogen-bond donors (Lipinski definition) is 0. The molecule has 0 saturated carbocycles. The molecule has 1 unspecified atom stereocenters. The molecule has 0 heterocycles. The molecule has 16 heavy (non-hydrogen) atoms. The first kappa shape index (κ1) is 15.5. The van der Waals surface area contributed by atoms with Gasteiger partial charge in [-0.1, -0.05) is 26.0 Å². The van der Waals surface area contributed by atoms with Crippen molar-refractivity contribution in [3.63, 3.8) is 0 Å². The normalized spacial score (nSPS) is 11.4. The predicted molar refractivity (Wildman–Crippen MR) is 55.5 cm³/mol. The van der Waals surface area contributed by atoms with Crippen LogP contribution in [-0.4, -0.2) is 12.1 Å². The van der Waals surface area contributed by atoms with Crippen LogP contribution in [0.4, 0.5) is 0 Å². The average molecular weight is 230 g/mol. The van der Waals surface area contributed by atoms with Crippen LogP contribution in [0.1, 0.15) is 25.8 Å². The Morgan fingerprint density at radius 1 is 1.31 bits per heavy atom. The quantitative estimate of drug-likeness (QED) is 0.559. The van der Waals surface area contributed by atoms with E-state index in [0.29, 0.717) is 12.2 Å². The van der Waals surface area contributed by atoms with Gasteiger partial charge in [0.25, 0.3) is 0 Å². The van der Waals surface area contributed by atoms with E-state index in [4.69, 9.17) is 4.74 Å². The molecule has 1 rings (SSSR count). The minimum Gasteiger partial charge on any atom is -0.546 e. The van der Waals surface area contributed by atoms with Crippen molar-refractivity contribution in [1.29, 1.82) is 0 Å². The number of carbonyl (C=O) groups is 1. The second kappa shape index (κ2) is 7.71. The number of aryl methyl sites for hydroxylation is 1. The van der Waals surface area contributed by atoms with Gasteiger partial charge in [-0.3, -0.25) is 0 Å². The second-order valence-electron chi connectivity index (χ2n) is 3.33. The summed E-state index contributed by atoms with van der Waals surface area (Å²) in [5.41, 5.74) is 1.20. The molecule has 0 aliphatic rings.